The summed E-state index contributed by atoms with van der Waals surface area (Å²) < 4.78 is 32.0. The number of aromatic nitrogens is 3. The average Bonchev–Trinajstić information content (AvgIpc) is 3.27. The number of likely N-dealkylation sites (tertiary alicyclic amines) is 1. The van der Waals surface area contributed by atoms with E-state index in [0.717, 1.165) is 19.3 Å². The zero-order valence-corrected chi connectivity index (χ0v) is 24.5. The second-order valence-corrected chi connectivity index (χ2v) is 11.2. The first-order valence-electron chi connectivity index (χ1n) is 14.1. The molecular weight excluding hydrogens is 508 g/mol. The van der Waals surface area contributed by atoms with Crippen LogP contribution in [-0.4, -0.2) is 57.7 Å². The first-order valence-corrected chi connectivity index (χ1v) is 14.1. The molecule has 7 nitrogen and oxygen atoms in total. The third kappa shape index (κ3) is 6.46. The van der Waals surface area contributed by atoms with E-state index in [1.807, 2.05) is 37.6 Å². The number of anilines is 1. The van der Waals surface area contributed by atoms with Gasteiger partial charge in [0.2, 0.25) is 0 Å². The minimum absolute atomic E-state index is 0.0205. The molecule has 1 aliphatic heterocycles. The van der Waals surface area contributed by atoms with Crippen LogP contribution in [0.1, 0.15) is 76.4 Å². The standard InChI is InChI=1S/C31H41F2N7/c1-19(2)39-12-10-23(11-13-39)21(5)24-8-9-29(35-16-24)36-18-37-30(27(33)17-34-7)25-14-26(32)31-28(15-25)40(20(3)4)22(6)38-31/h8-9,14-17,19-21,23H,7,10-13,18H2,1-6H3,(H,35,36)/b27-17+,37-30-. The Balaban J connectivity index is 1.50. The summed E-state index contributed by atoms with van der Waals surface area (Å²) in [6.45, 7) is 18.3. The van der Waals surface area contributed by atoms with Gasteiger partial charge in [-0.1, -0.05) is 13.0 Å². The predicted molar refractivity (Wildman–Crippen MR) is 161 cm³/mol. The number of rotatable bonds is 10. The van der Waals surface area contributed by atoms with E-state index in [9.17, 15) is 0 Å². The smallest absolute Gasteiger partial charge is 0.167 e. The Bertz CT molecular complexity index is 1380. The van der Waals surface area contributed by atoms with Crippen molar-refractivity contribution < 1.29 is 8.78 Å². The lowest BCUT2D eigenvalue weighted by Crippen LogP contribution is -2.39. The van der Waals surface area contributed by atoms with Crippen molar-refractivity contribution in [2.45, 2.75) is 72.4 Å². The van der Waals surface area contributed by atoms with Gasteiger partial charge in [0.25, 0.3) is 0 Å². The quantitative estimate of drug-likeness (QED) is 0.275. The first kappa shape index (κ1) is 29.5. The third-order valence-electron chi connectivity index (χ3n) is 7.97. The predicted octanol–water partition coefficient (Wildman–Crippen LogP) is 7.05. The third-order valence-corrected chi connectivity index (χ3v) is 7.97. The van der Waals surface area contributed by atoms with Gasteiger partial charge >= 0.3 is 0 Å². The molecule has 214 valence electrons. The normalized spacial score (nSPS) is 16.8. The molecule has 1 saturated heterocycles. The molecular formula is C31H41F2N7. The van der Waals surface area contributed by atoms with Crippen LogP contribution in [0.2, 0.25) is 0 Å². The fourth-order valence-corrected chi connectivity index (χ4v) is 5.69. The van der Waals surface area contributed by atoms with E-state index in [0.29, 0.717) is 40.6 Å². The summed E-state index contributed by atoms with van der Waals surface area (Å²) in [4.78, 5) is 19.5. The lowest BCUT2D eigenvalue weighted by molar-refractivity contribution is 0.139. The zero-order valence-electron chi connectivity index (χ0n) is 24.5. The minimum Gasteiger partial charge on any atom is -0.351 e. The molecule has 0 radical (unpaired) electrons. The number of hydrogen-bond acceptors (Lipinski definition) is 6. The number of nitrogens with zero attached hydrogens (tertiary/aromatic N) is 6. The Morgan fingerprint density at radius 1 is 1.15 bits per heavy atom. The van der Waals surface area contributed by atoms with Crippen LogP contribution < -0.4 is 5.32 Å². The summed E-state index contributed by atoms with van der Waals surface area (Å²) in [5.74, 6) is 1.16. The topological polar surface area (TPSA) is 70.7 Å². The van der Waals surface area contributed by atoms with Crippen LogP contribution in [0.25, 0.3) is 11.0 Å². The summed E-state index contributed by atoms with van der Waals surface area (Å²) in [6, 6.07) is 7.65. The first-order chi connectivity index (χ1) is 19.1. The van der Waals surface area contributed by atoms with Crippen LogP contribution in [-0.2, 0) is 0 Å². The van der Waals surface area contributed by atoms with Crippen LogP contribution in [0.3, 0.4) is 0 Å². The largest absolute Gasteiger partial charge is 0.351 e. The molecule has 40 heavy (non-hydrogen) atoms. The molecule has 0 saturated carbocycles. The van der Waals surface area contributed by atoms with Crippen molar-refractivity contribution in [1.29, 1.82) is 0 Å². The Kier molecular flexibility index (Phi) is 9.45. The fourth-order valence-electron chi connectivity index (χ4n) is 5.69. The Morgan fingerprint density at radius 2 is 1.88 bits per heavy atom. The van der Waals surface area contributed by atoms with Crippen molar-refractivity contribution in [2.75, 3.05) is 25.1 Å². The van der Waals surface area contributed by atoms with Gasteiger partial charge in [-0.05, 0) is 103 Å². The zero-order chi connectivity index (χ0) is 29.0. The maximum absolute atomic E-state index is 15.1. The molecule has 3 aromatic rings. The molecule has 0 aliphatic carbocycles. The molecule has 0 spiro atoms. The van der Waals surface area contributed by atoms with E-state index in [-0.39, 0.29) is 23.9 Å². The molecule has 1 fully saturated rings. The summed E-state index contributed by atoms with van der Waals surface area (Å²) in [6.07, 6.45) is 5.28. The van der Waals surface area contributed by atoms with E-state index in [4.69, 9.17) is 0 Å². The fraction of sp³-hybridized carbons (Fsp3) is 0.484. The van der Waals surface area contributed by atoms with Gasteiger partial charge in [0, 0.05) is 23.8 Å². The number of aliphatic imine (C=N–C) groups is 2. The molecule has 1 aliphatic rings. The van der Waals surface area contributed by atoms with Crippen LogP contribution >= 0.6 is 0 Å². The molecule has 2 aromatic heterocycles. The highest BCUT2D eigenvalue weighted by Gasteiger charge is 2.26. The summed E-state index contributed by atoms with van der Waals surface area (Å²) in [5.41, 5.74) is 2.33. The molecule has 0 bridgehead atoms. The highest BCUT2D eigenvalue weighted by atomic mass is 19.1. The molecule has 1 atom stereocenters. The highest BCUT2D eigenvalue weighted by Crippen LogP contribution is 2.33. The number of nitrogens with one attached hydrogen (secondary N) is 1. The number of aryl methyl sites for hydroxylation is 1. The number of allylic oxidation sites excluding steroid dienone is 1. The van der Waals surface area contributed by atoms with Crippen molar-refractivity contribution in [2.24, 2.45) is 15.9 Å². The van der Waals surface area contributed by atoms with Gasteiger partial charge < -0.3 is 14.8 Å². The average molecular weight is 550 g/mol. The highest BCUT2D eigenvalue weighted by molar-refractivity contribution is 6.12. The summed E-state index contributed by atoms with van der Waals surface area (Å²) in [5, 5.41) is 3.13. The van der Waals surface area contributed by atoms with Gasteiger partial charge in [0.15, 0.2) is 11.6 Å². The maximum atomic E-state index is 15.1. The van der Waals surface area contributed by atoms with E-state index in [1.165, 1.54) is 24.5 Å². The minimum atomic E-state index is -0.705. The number of fused-ring (bicyclic) bond motifs is 1. The van der Waals surface area contributed by atoms with E-state index in [2.05, 4.69) is 63.7 Å². The second kappa shape index (κ2) is 12.8. The molecule has 0 amide bonds. The summed E-state index contributed by atoms with van der Waals surface area (Å²) in [7, 11) is 0. The van der Waals surface area contributed by atoms with Crippen molar-refractivity contribution in [1.82, 2.24) is 19.4 Å². The van der Waals surface area contributed by atoms with Gasteiger partial charge in [0.1, 0.15) is 29.5 Å². The van der Waals surface area contributed by atoms with Crippen LogP contribution in [0.15, 0.2) is 52.5 Å². The number of pyridine rings is 1. The molecule has 1 N–H and O–H groups in total. The summed E-state index contributed by atoms with van der Waals surface area (Å²) >= 11 is 0. The van der Waals surface area contributed by atoms with Crippen molar-refractivity contribution in [3.05, 3.63) is 65.3 Å². The Labute approximate surface area is 236 Å². The lowest BCUT2D eigenvalue weighted by atomic mass is 9.81. The van der Waals surface area contributed by atoms with Gasteiger partial charge in [0.05, 0.1) is 11.7 Å². The van der Waals surface area contributed by atoms with Crippen LogP contribution in [0.4, 0.5) is 14.6 Å². The molecule has 3 heterocycles. The van der Waals surface area contributed by atoms with Gasteiger partial charge in [-0.15, -0.1) is 0 Å². The van der Waals surface area contributed by atoms with Crippen molar-refractivity contribution in [3.63, 3.8) is 0 Å². The van der Waals surface area contributed by atoms with Crippen LogP contribution in [0, 0.1) is 18.7 Å². The van der Waals surface area contributed by atoms with E-state index < -0.39 is 11.6 Å². The van der Waals surface area contributed by atoms with Gasteiger partial charge in [-0.25, -0.2) is 18.7 Å². The number of imidazole rings is 1. The van der Waals surface area contributed by atoms with Gasteiger partial charge in [-0.2, -0.15) is 0 Å². The molecule has 1 aromatic carbocycles. The van der Waals surface area contributed by atoms with Crippen molar-refractivity contribution in [3.8, 4) is 0 Å². The maximum Gasteiger partial charge on any atom is 0.167 e. The van der Waals surface area contributed by atoms with Crippen molar-refractivity contribution >= 4 is 29.3 Å². The molecule has 9 heteroatoms. The number of piperidine rings is 1. The molecule has 1 unspecified atom stereocenters. The van der Waals surface area contributed by atoms with Gasteiger partial charge in [-0.3, -0.25) is 9.98 Å². The molecule has 4 rings (SSSR count). The lowest BCUT2D eigenvalue weighted by Gasteiger charge is -2.37. The van der Waals surface area contributed by atoms with E-state index in [1.54, 1.807) is 6.07 Å². The SMILES string of the molecule is C=N/C=C(F)\C(=N/CNc1ccc(C(C)C2CCN(C(C)C)CC2)cn1)c1cc(F)c2nc(C)n(C(C)C)c2c1. The number of hydrogen-bond donors (Lipinski definition) is 1. The Hall–Kier alpha value is -3.46. The van der Waals surface area contributed by atoms with Crippen LogP contribution in [0.5, 0.6) is 0 Å². The van der Waals surface area contributed by atoms with E-state index >= 15 is 8.78 Å². The number of benzene rings is 1. The number of halogens is 2. The second-order valence-electron chi connectivity index (χ2n) is 11.2. The Morgan fingerprint density at radius 3 is 2.48 bits per heavy atom. The monoisotopic (exact) mass is 549 g/mol.